The van der Waals surface area contributed by atoms with Crippen LogP contribution < -0.4 is 10.2 Å². The maximum absolute atomic E-state index is 9.75. The second-order valence-electron chi connectivity index (χ2n) is 8.65. The van der Waals surface area contributed by atoms with Crippen LogP contribution in [0, 0.1) is 11.3 Å². The molecule has 1 atom stereocenters. The molecule has 1 N–H and O–H groups in total. The Kier molecular flexibility index (Phi) is 7.09. The number of nitriles is 1. The zero-order valence-electron chi connectivity index (χ0n) is 19.7. The Bertz CT molecular complexity index is 1190. The van der Waals surface area contributed by atoms with Gasteiger partial charge >= 0.3 is 0 Å². The zero-order chi connectivity index (χ0) is 24.0. The van der Waals surface area contributed by atoms with Gasteiger partial charge in [-0.05, 0) is 31.2 Å². The number of pyridine rings is 2. The number of nitrogens with one attached hydrogen (secondary N) is 1. The van der Waals surface area contributed by atoms with Crippen molar-refractivity contribution in [2.24, 2.45) is 0 Å². The average molecular weight is 473 g/mol. The van der Waals surface area contributed by atoms with Gasteiger partial charge < -0.3 is 19.7 Å². The lowest BCUT2D eigenvalue weighted by atomic mass is 10.1. The molecule has 0 amide bonds. The van der Waals surface area contributed by atoms with Gasteiger partial charge in [0.2, 0.25) is 5.95 Å². The summed E-state index contributed by atoms with van der Waals surface area (Å²) in [6.07, 6.45) is 5.34. The summed E-state index contributed by atoms with van der Waals surface area (Å²) < 4.78 is 11.0. The minimum Gasteiger partial charge on any atom is -0.379 e. The number of nitrogens with zero attached hydrogens (tertiary/aromatic N) is 7. The number of morpholine rings is 2. The second-order valence-corrected chi connectivity index (χ2v) is 8.65. The van der Waals surface area contributed by atoms with Crippen LogP contribution in [0.4, 0.5) is 17.5 Å². The molecule has 35 heavy (non-hydrogen) atoms. The third-order valence-electron chi connectivity index (χ3n) is 6.05. The first-order valence-corrected chi connectivity index (χ1v) is 11.8. The molecule has 2 fully saturated rings. The Balaban J connectivity index is 1.28. The van der Waals surface area contributed by atoms with Crippen LogP contribution in [0.2, 0.25) is 0 Å². The van der Waals surface area contributed by atoms with Gasteiger partial charge in [-0.1, -0.05) is 0 Å². The minimum atomic E-state index is 0.107. The molecule has 1 unspecified atom stereocenters. The third-order valence-corrected chi connectivity index (χ3v) is 6.05. The van der Waals surface area contributed by atoms with Gasteiger partial charge in [-0.2, -0.15) is 5.26 Å². The van der Waals surface area contributed by atoms with Gasteiger partial charge in [-0.15, -0.1) is 0 Å². The Morgan fingerprint density at radius 2 is 1.97 bits per heavy atom. The van der Waals surface area contributed by atoms with E-state index in [1.54, 1.807) is 18.6 Å². The molecule has 180 valence electrons. The van der Waals surface area contributed by atoms with E-state index < -0.39 is 0 Å². The molecule has 0 spiro atoms. The quantitative estimate of drug-likeness (QED) is 0.574. The van der Waals surface area contributed by atoms with Crippen molar-refractivity contribution in [1.29, 1.82) is 5.26 Å². The van der Waals surface area contributed by atoms with E-state index >= 15 is 0 Å². The number of anilines is 3. The molecule has 3 aromatic rings. The van der Waals surface area contributed by atoms with E-state index in [4.69, 9.17) is 9.47 Å². The van der Waals surface area contributed by atoms with Gasteiger partial charge in [-0.25, -0.2) is 15.0 Å². The summed E-state index contributed by atoms with van der Waals surface area (Å²) in [6, 6.07) is 9.91. The van der Waals surface area contributed by atoms with Crippen LogP contribution in [-0.4, -0.2) is 76.9 Å². The maximum Gasteiger partial charge on any atom is 0.227 e. The molecular weight excluding hydrogens is 444 g/mol. The van der Waals surface area contributed by atoms with E-state index in [1.165, 1.54) is 0 Å². The highest BCUT2D eigenvalue weighted by Crippen LogP contribution is 2.26. The van der Waals surface area contributed by atoms with Gasteiger partial charge in [0.1, 0.15) is 11.9 Å². The normalized spacial score (nSPS) is 18.7. The zero-order valence-corrected chi connectivity index (χ0v) is 19.7. The topological polar surface area (TPSA) is 112 Å². The summed E-state index contributed by atoms with van der Waals surface area (Å²) >= 11 is 0. The molecule has 2 saturated heterocycles. The van der Waals surface area contributed by atoms with E-state index in [0.717, 1.165) is 49.8 Å². The Hall–Kier alpha value is -3.65. The highest BCUT2D eigenvalue weighted by atomic mass is 16.5. The van der Waals surface area contributed by atoms with Crippen molar-refractivity contribution >= 4 is 17.5 Å². The summed E-state index contributed by atoms with van der Waals surface area (Å²) in [7, 11) is 0. The van der Waals surface area contributed by atoms with Crippen molar-refractivity contribution in [3.8, 4) is 17.3 Å². The first kappa shape index (κ1) is 23.1. The smallest absolute Gasteiger partial charge is 0.227 e. The number of aromatic nitrogens is 4. The fraction of sp³-hybridized carbons (Fsp3) is 0.400. The fourth-order valence-corrected chi connectivity index (χ4v) is 4.23. The molecule has 0 radical (unpaired) electrons. The van der Waals surface area contributed by atoms with Crippen LogP contribution in [0.5, 0.6) is 0 Å². The predicted octanol–water partition coefficient (Wildman–Crippen LogP) is 2.61. The van der Waals surface area contributed by atoms with E-state index in [1.807, 2.05) is 31.2 Å². The molecule has 5 rings (SSSR count). The van der Waals surface area contributed by atoms with Crippen molar-refractivity contribution in [3.05, 3.63) is 54.1 Å². The Labute approximate surface area is 204 Å². The van der Waals surface area contributed by atoms with Gasteiger partial charge in [-0.3, -0.25) is 9.88 Å². The molecule has 2 aliphatic heterocycles. The van der Waals surface area contributed by atoms with Crippen LogP contribution in [0.15, 0.2) is 42.9 Å². The highest BCUT2D eigenvalue weighted by molar-refractivity contribution is 5.67. The molecule has 3 aromatic heterocycles. The van der Waals surface area contributed by atoms with Crippen LogP contribution in [0.25, 0.3) is 11.3 Å². The molecule has 0 aliphatic carbocycles. The highest BCUT2D eigenvalue weighted by Gasteiger charge is 2.21. The first-order valence-electron chi connectivity index (χ1n) is 11.8. The third kappa shape index (κ3) is 5.71. The summed E-state index contributed by atoms with van der Waals surface area (Å²) in [5.41, 5.74) is 3.78. The molecule has 0 saturated carbocycles. The maximum atomic E-state index is 9.75. The summed E-state index contributed by atoms with van der Waals surface area (Å²) in [6.45, 7) is 8.28. The van der Waals surface area contributed by atoms with E-state index in [2.05, 4.69) is 41.1 Å². The monoisotopic (exact) mass is 472 g/mol. The van der Waals surface area contributed by atoms with Crippen molar-refractivity contribution in [1.82, 2.24) is 24.8 Å². The molecule has 10 nitrogen and oxygen atoms in total. The van der Waals surface area contributed by atoms with E-state index in [0.29, 0.717) is 42.7 Å². The molecular formula is C25H28N8O2. The van der Waals surface area contributed by atoms with Crippen LogP contribution in [0.3, 0.4) is 0 Å². The predicted molar refractivity (Wildman–Crippen MR) is 131 cm³/mol. The summed E-state index contributed by atoms with van der Waals surface area (Å²) in [5.74, 6) is 1.14. The number of hydrogen-bond donors (Lipinski definition) is 1. The van der Waals surface area contributed by atoms with Gasteiger partial charge in [0.05, 0.1) is 54.8 Å². The van der Waals surface area contributed by atoms with Crippen LogP contribution in [0.1, 0.15) is 18.2 Å². The average Bonchev–Trinajstić information content (AvgIpc) is 2.90. The fourth-order valence-electron chi connectivity index (χ4n) is 4.23. The molecule has 10 heteroatoms. The summed E-state index contributed by atoms with van der Waals surface area (Å²) in [5, 5.41) is 13.0. The van der Waals surface area contributed by atoms with Crippen molar-refractivity contribution in [2.45, 2.75) is 19.6 Å². The lowest BCUT2D eigenvalue weighted by molar-refractivity contribution is 0.0336. The Morgan fingerprint density at radius 1 is 1.09 bits per heavy atom. The molecule has 2 aliphatic rings. The number of hydrogen-bond acceptors (Lipinski definition) is 10. The number of rotatable bonds is 6. The van der Waals surface area contributed by atoms with Crippen molar-refractivity contribution < 1.29 is 9.47 Å². The minimum absolute atomic E-state index is 0.107. The second kappa shape index (κ2) is 10.7. The lowest BCUT2D eigenvalue weighted by Crippen LogP contribution is -2.41. The van der Waals surface area contributed by atoms with E-state index in [9.17, 15) is 5.26 Å². The largest absolute Gasteiger partial charge is 0.379 e. The van der Waals surface area contributed by atoms with Crippen LogP contribution >= 0.6 is 0 Å². The molecule has 0 bridgehead atoms. The van der Waals surface area contributed by atoms with Gasteiger partial charge in [0.15, 0.2) is 0 Å². The Morgan fingerprint density at radius 3 is 2.74 bits per heavy atom. The lowest BCUT2D eigenvalue weighted by Gasteiger charge is -2.32. The first-order chi connectivity index (χ1) is 17.2. The van der Waals surface area contributed by atoms with Crippen LogP contribution in [-0.2, 0) is 16.0 Å². The summed E-state index contributed by atoms with van der Waals surface area (Å²) in [4.78, 5) is 22.6. The van der Waals surface area contributed by atoms with Gasteiger partial charge in [0, 0.05) is 50.7 Å². The number of ether oxygens (including phenoxy) is 2. The van der Waals surface area contributed by atoms with Gasteiger partial charge in [0.25, 0.3) is 0 Å². The van der Waals surface area contributed by atoms with Crippen molar-refractivity contribution in [2.75, 3.05) is 56.2 Å². The molecule has 0 aromatic carbocycles. The molecule has 5 heterocycles. The van der Waals surface area contributed by atoms with Crippen molar-refractivity contribution in [3.63, 3.8) is 0 Å². The van der Waals surface area contributed by atoms with E-state index in [-0.39, 0.29) is 6.10 Å². The SMILES string of the molecule is CC1CN(c2ncc(-c3ccnc(Nc4ccc(CN5CCOCC5)nc4)n3)cc2C#N)CCO1. The standard InChI is InChI=1S/C25H28N8O2/c1-18-16-33(8-11-35-18)24-19(13-26)12-20(14-29-24)23-4-5-27-25(31-23)30-21-2-3-22(28-15-21)17-32-6-9-34-10-7-32/h2-5,12,14-15,18H,6-11,16-17H2,1H3,(H,27,30,31).